The first kappa shape index (κ1) is 13.8. The van der Waals surface area contributed by atoms with E-state index >= 15 is 0 Å². The van der Waals surface area contributed by atoms with Crippen molar-refractivity contribution in [3.63, 3.8) is 0 Å². The zero-order valence-electron chi connectivity index (χ0n) is 9.79. The van der Waals surface area contributed by atoms with Crippen LogP contribution in [0.3, 0.4) is 0 Å². The summed E-state index contributed by atoms with van der Waals surface area (Å²) in [6.45, 7) is 2.32. The van der Waals surface area contributed by atoms with Crippen LogP contribution in [0.4, 0.5) is 23.2 Å². The van der Waals surface area contributed by atoms with Gasteiger partial charge in [0.05, 0.1) is 6.07 Å². The first-order valence-corrected chi connectivity index (χ1v) is 5.45. The largest absolute Gasteiger partial charge is 0.370 e. The van der Waals surface area contributed by atoms with Gasteiger partial charge in [-0.15, -0.1) is 0 Å². The highest BCUT2D eigenvalue weighted by Gasteiger charge is 2.22. The summed E-state index contributed by atoms with van der Waals surface area (Å²) in [6.07, 6.45) is 2.54. The molecule has 0 aromatic heterocycles. The fourth-order valence-corrected chi connectivity index (χ4v) is 1.56. The lowest BCUT2D eigenvalue weighted by Gasteiger charge is -2.20. The van der Waals surface area contributed by atoms with Crippen molar-refractivity contribution in [2.45, 2.75) is 26.2 Å². The molecule has 95 valence electrons. The molecule has 1 radical (unpaired) electrons. The predicted octanol–water partition coefficient (Wildman–Crippen LogP) is 3.67. The molecule has 0 aliphatic heterocycles. The Labute approximate surface area is 98.0 Å². The van der Waals surface area contributed by atoms with E-state index in [1.165, 1.54) is 18.0 Å². The molecule has 0 fully saturated rings. The molecule has 0 spiro atoms. The Morgan fingerprint density at radius 1 is 1.00 bits per heavy atom. The van der Waals surface area contributed by atoms with Crippen molar-refractivity contribution < 1.29 is 17.6 Å². The van der Waals surface area contributed by atoms with Gasteiger partial charge in [-0.05, 0) is 6.42 Å². The van der Waals surface area contributed by atoms with E-state index in [4.69, 9.17) is 0 Å². The number of nitrogens with zero attached hydrogens (tertiary/aromatic N) is 1. The molecule has 0 aliphatic carbocycles. The highest BCUT2D eigenvalue weighted by molar-refractivity contribution is 5.49. The van der Waals surface area contributed by atoms with Gasteiger partial charge < -0.3 is 4.90 Å². The molecule has 5 heteroatoms. The topological polar surface area (TPSA) is 3.24 Å². The fraction of sp³-hybridized carbons (Fsp3) is 0.500. The summed E-state index contributed by atoms with van der Waals surface area (Å²) >= 11 is 0. The highest BCUT2D eigenvalue weighted by atomic mass is 19.2. The van der Waals surface area contributed by atoms with Gasteiger partial charge in [0.2, 0.25) is 0 Å². The molecule has 0 unspecified atom stereocenters. The SMILES string of the molecule is CCCCCN(C)c1c(F)c(F)[c]c(F)c1F. The molecule has 17 heavy (non-hydrogen) atoms. The number of benzene rings is 1. The van der Waals surface area contributed by atoms with Gasteiger partial charge in [-0.2, -0.15) is 0 Å². The first-order chi connectivity index (χ1) is 7.99. The van der Waals surface area contributed by atoms with E-state index in [-0.39, 0.29) is 0 Å². The van der Waals surface area contributed by atoms with Crippen LogP contribution in [0.15, 0.2) is 0 Å². The summed E-state index contributed by atoms with van der Waals surface area (Å²) < 4.78 is 52.5. The van der Waals surface area contributed by atoms with Crippen LogP contribution in [0, 0.1) is 29.3 Å². The van der Waals surface area contributed by atoms with Gasteiger partial charge in [-0.3, -0.25) is 0 Å². The van der Waals surface area contributed by atoms with E-state index in [1.54, 1.807) is 0 Å². The maximum absolute atomic E-state index is 13.3. The van der Waals surface area contributed by atoms with E-state index in [1.807, 2.05) is 6.92 Å². The van der Waals surface area contributed by atoms with Crippen molar-refractivity contribution in [2.75, 3.05) is 18.5 Å². The van der Waals surface area contributed by atoms with Gasteiger partial charge in [0, 0.05) is 13.6 Å². The zero-order valence-corrected chi connectivity index (χ0v) is 9.79. The molecule has 1 aromatic rings. The fourth-order valence-electron chi connectivity index (χ4n) is 1.56. The van der Waals surface area contributed by atoms with Gasteiger partial charge >= 0.3 is 0 Å². The number of halogens is 4. The summed E-state index contributed by atoms with van der Waals surface area (Å²) in [5.74, 6) is -5.80. The van der Waals surface area contributed by atoms with E-state index in [0.29, 0.717) is 13.0 Å². The van der Waals surface area contributed by atoms with Crippen molar-refractivity contribution in [3.8, 4) is 0 Å². The maximum Gasteiger partial charge on any atom is 0.185 e. The molecule has 0 heterocycles. The minimum Gasteiger partial charge on any atom is -0.370 e. The monoisotopic (exact) mass is 248 g/mol. The Morgan fingerprint density at radius 3 is 2.00 bits per heavy atom. The van der Waals surface area contributed by atoms with Crippen LogP contribution in [0.2, 0.25) is 0 Å². The van der Waals surface area contributed by atoms with Crippen molar-refractivity contribution in [1.82, 2.24) is 0 Å². The lowest BCUT2D eigenvalue weighted by Crippen LogP contribution is -2.22. The van der Waals surface area contributed by atoms with E-state index < -0.39 is 29.0 Å². The number of anilines is 1. The Bertz CT molecular complexity index is 366. The van der Waals surface area contributed by atoms with Crippen LogP contribution < -0.4 is 4.90 Å². The number of hydrogen-bond donors (Lipinski definition) is 0. The van der Waals surface area contributed by atoms with Gasteiger partial charge in [-0.1, -0.05) is 19.8 Å². The van der Waals surface area contributed by atoms with Crippen LogP contribution in [-0.4, -0.2) is 13.6 Å². The van der Waals surface area contributed by atoms with Crippen LogP contribution in [0.1, 0.15) is 26.2 Å². The average Bonchev–Trinajstić information content (AvgIpc) is 2.27. The first-order valence-electron chi connectivity index (χ1n) is 5.45. The van der Waals surface area contributed by atoms with Crippen molar-refractivity contribution in [1.29, 1.82) is 0 Å². The van der Waals surface area contributed by atoms with Crippen molar-refractivity contribution in [3.05, 3.63) is 29.3 Å². The maximum atomic E-state index is 13.3. The molecule has 0 saturated carbocycles. The molecule has 0 amide bonds. The molecule has 0 bridgehead atoms. The van der Waals surface area contributed by atoms with Gasteiger partial charge in [0.25, 0.3) is 0 Å². The minimum atomic E-state index is -1.50. The van der Waals surface area contributed by atoms with Crippen LogP contribution in [0.25, 0.3) is 0 Å². The lowest BCUT2D eigenvalue weighted by atomic mass is 10.2. The second-order valence-electron chi connectivity index (χ2n) is 3.86. The van der Waals surface area contributed by atoms with Crippen LogP contribution >= 0.6 is 0 Å². The molecule has 1 nitrogen and oxygen atoms in total. The van der Waals surface area contributed by atoms with Gasteiger partial charge in [-0.25, -0.2) is 17.6 Å². The third-order valence-electron chi connectivity index (χ3n) is 2.50. The second kappa shape index (κ2) is 5.89. The molecule has 1 rings (SSSR count). The number of hydrogen-bond acceptors (Lipinski definition) is 1. The lowest BCUT2D eigenvalue weighted by molar-refractivity contribution is 0.450. The summed E-state index contributed by atoms with van der Waals surface area (Å²) in [6, 6.07) is 1.36. The van der Waals surface area contributed by atoms with Crippen LogP contribution in [0.5, 0.6) is 0 Å². The van der Waals surface area contributed by atoms with Gasteiger partial charge in [0.1, 0.15) is 5.69 Å². The zero-order chi connectivity index (χ0) is 13.0. The van der Waals surface area contributed by atoms with Gasteiger partial charge in [0.15, 0.2) is 23.3 Å². The normalized spacial score (nSPS) is 10.7. The average molecular weight is 248 g/mol. The van der Waals surface area contributed by atoms with E-state index in [2.05, 4.69) is 0 Å². The smallest absolute Gasteiger partial charge is 0.185 e. The predicted molar refractivity (Wildman–Crippen MR) is 57.9 cm³/mol. The molecular weight excluding hydrogens is 234 g/mol. The molecule has 0 N–H and O–H groups in total. The summed E-state index contributed by atoms with van der Waals surface area (Å²) in [5, 5.41) is 0. The van der Waals surface area contributed by atoms with E-state index in [0.717, 1.165) is 12.8 Å². The molecule has 0 aliphatic rings. The summed E-state index contributed by atoms with van der Waals surface area (Å²) in [4.78, 5) is 1.18. The Hall–Kier alpha value is -1.26. The second-order valence-corrected chi connectivity index (χ2v) is 3.86. The van der Waals surface area contributed by atoms with Crippen molar-refractivity contribution in [2.24, 2.45) is 0 Å². The molecule has 0 atom stereocenters. The Kier molecular flexibility index (Phi) is 4.78. The Balaban J connectivity index is 2.95. The Morgan fingerprint density at radius 2 is 1.53 bits per heavy atom. The number of rotatable bonds is 5. The highest BCUT2D eigenvalue weighted by Crippen LogP contribution is 2.26. The molecular formula is C12H14F4N. The minimum absolute atomic E-state index is 0.338. The summed E-state index contributed by atoms with van der Waals surface area (Å²) in [5.41, 5.74) is -0.671. The van der Waals surface area contributed by atoms with E-state index in [9.17, 15) is 17.6 Å². The molecule has 1 aromatic carbocycles. The summed E-state index contributed by atoms with van der Waals surface area (Å²) in [7, 11) is 1.40. The quantitative estimate of drug-likeness (QED) is 0.436. The van der Waals surface area contributed by atoms with Crippen LogP contribution in [-0.2, 0) is 0 Å². The standard InChI is InChI=1S/C12H14F4N/c1-3-4-5-6-17(2)12-10(15)8(13)7-9(14)11(12)16/h3-6H2,1-2H3. The third kappa shape index (κ3) is 3.11. The molecule has 0 saturated heterocycles. The number of unbranched alkanes of at least 4 members (excludes halogenated alkanes) is 2. The third-order valence-corrected chi connectivity index (χ3v) is 2.50. The van der Waals surface area contributed by atoms with Crippen molar-refractivity contribution >= 4 is 5.69 Å².